The number of halogens is 1. The fourth-order valence-corrected chi connectivity index (χ4v) is 4.21. The van der Waals surface area contributed by atoms with Crippen molar-refractivity contribution in [2.24, 2.45) is 0 Å². The molecule has 1 nitrogen and oxygen atoms in total. The van der Waals surface area contributed by atoms with E-state index < -0.39 is 0 Å². The van der Waals surface area contributed by atoms with Crippen molar-refractivity contribution >= 4 is 32.8 Å². The smallest absolute Gasteiger partial charge is 0.317 e. The lowest BCUT2D eigenvalue weighted by atomic mass is 10.1. The second-order valence-electron chi connectivity index (χ2n) is 3.69. The standard InChI is InChI=1S/C5H10N.C4H9.ClH.Mg/c1-2-4-6-5-3-1;1-3-4-2;;/h1,6H,2-5H2;1,3-4H2,2H3;1H;. The average Bonchev–Trinajstić information content (AvgIpc) is 2.07. The van der Waals surface area contributed by atoms with E-state index in [2.05, 4.69) is 12.2 Å². The van der Waals surface area contributed by atoms with Crippen LogP contribution in [0.15, 0.2) is 0 Å². The van der Waals surface area contributed by atoms with Gasteiger partial charge in [-0.3, -0.25) is 0 Å². The summed E-state index contributed by atoms with van der Waals surface area (Å²) in [6, 6.07) is 0. The lowest BCUT2D eigenvalue weighted by Crippen LogP contribution is -2.27. The molecule has 1 rings (SSSR count). The molecule has 1 N–H and O–H groups in total. The molecule has 0 bridgehead atoms. The number of rotatable bonds is 4. The molecular weight excluding hydrogens is 182 g/mol. The highest BCUT2D eigenvalue weighted by Gasteiger charge is 2.13. The van der Waals surface area contributed by atoms with Crippen molar-refractivity contribution < 1.29 is 0 Å². The van der Waals surface area contributed by atoms with Crippen molar-refractivity contribution in [2.75, 3.05) is 13.1 Å². The van der Waals surface area contributed by atoms with Gasteiger partial charge in [0, 0.05) is 0 Å². The van der Waals surface area contributed by atoms with Crippen LogP contribution in [0, 0.1) is 0 Å². The fraction of sp³-hybridized carbons (Fsp3) is 1.00. The summed E-state index contributed by atoms with van der Waals surface area (Å²) >= 11 is 0.315. The molecule has 0 unspecified atom stereocenters. The maximum atomic E-state index is 3.43. The average molecular weight is 202 g/mol. The van der Waals surface area contributed by atoms with Crippen LogP contribution < -0.4 is 5.32 Å². The Morgan fingerprint density at radius 1 is 1.33 bits per heavy atom. The second-order valence-corrected chi connectivity index (χ2v) is 6.13. The number of hydrogen-bond acceptors (Lipinski definition) is 1. The van der Waals surface area contributed by atoms with Crippen LogP contribution in [0.2, 0.25) is 8.60 Å². The zero-order chi connectivity index (χ0) is 7.94. The monoisotopic (exact) mass is 201 g/mol. The first-order valence-corrected chi connectivity index (χ1v) is 6.96. The van der Waals surface area contributed by atoms with E-state index in [4.69, 9.17) is 0 Å². The topological polar surface area (TPSA) is 12.0 Å². The molecule has 1 heterocycles. The van der Waals surface area contributed by atoms with Gasteiger partial charge in [0.25, 0.3) is 0 Å². The molecule has 0 amide bonds. The summed E-state index contributed by atoms with van der Waals surface area (Å²) in [5, 5.41) is 3.43. The van der Waals surface area contributed by atoms with Crippen molar-refractivity contribution in [2.45, 2.75) is 41.2 Å². The van der Waals surface area contributed by atoms with Gasteiger partial charge in [0.2, 0.25) is 0 Å². The first kappa shape index (κ1) is 13.0. The highest BCUT2D eigenvalue weighted by molar-refractivity contribution is 6.37. The molecule has 0 aromatic carbocycles. The molecule has 0 atom stereocenters. The molecule has 1 saturated heterocycles. The summed E-state index contributed by atoms with van der Waals surface area (Å²) in [6.07, 6.45) is 5.86. The van der Waals surface area contributed by atoms with Crippen LogP contribution in [0.4, 0.5) is 0 Å². The van der Waals surface area contributed by atoms with Crippen LogP contribution in [0.1, 0.15) is 32.6 Å². The number of unbranched alkanes of at least 4 members (excludes halogenated alkanes) is 1. The summed E-state index contributed by atoms with van der Waals surface area (Å²) in [5.41, 5.74) is 0. The van der Waals surface area contributed by atoms with Crippen LogP contribution in [0.25, 0.3) is 0 Å². The third-order valence-corrected chi connectivity index (χ3v) is 5.22. The van der Waals surface area contributed by atoms with Gasteiger partial charge in [0.05, 0.1) is 0 Å². The first-order valence-electron chi connectivity index (χ1n) is 5.14. The van der Waals surface area contributed by atoms with Gasteiger partial charge < -0.3 is 5.32 Å². The van der Waals surface area contributed by atoms with Gasteiger partial charge in [-0.15, -0.1) is 21.0 Å². The van der Waals surface area contributed by atoms with Crippen molar-refractivity contribution in [3.63, 3.8) is 0 Å². The normalized spacial score (nSPS) is 18.1. The van der Waals surface area contributed by atoms with E-state index in [-0.39, 0.29) is 12.4 Å². The Morgan fingerprint density at radius 3 is 2.58 bits per heavy atom. The van der Waals surface area contributed by atoms with Crippen molar-refractivity contribution in [1.29, 1.82) is 0 Å². The van der Waals surface area contributed by atoms with Crippen molar-refractivity contribution in [3.8, 4) is 0 Å². The Kier molecular flexibility index (Phi) is 9.34. The van der Waals surface area contributed by atoms with Gasteiger partial charge in [-0.05, 0) is 13.1 Å². The van der Waals surface area contributed by atoms with E-state index in [1.54, 1.807) is 4.55 Å². The number of piperidine rings is 1. The summed E-state index contributed by atoms with van der Waals surface area (Å²) < 4.78 is 2.78. The minimum atomic E-state index is 0. The van der Waals surface area contributed by atoms with Gasteiger partial charge in [-0.1, -0.05) is 32.6 Å². The van der Waals surface area contributed by atoms with E-state index in [1.807, 2.05) is 0 Å². The molecule has 0 aromatic rings. The summed E-state index contributed by atoms with van der Waals surface area (Å²) in [5.74, 6) is 0. The summed E-state index contributed by atoms with van der Waals surface area (Å²) in [6.45, 7) is 4.89. The quantitative estimate of drug-likeness (QED) is 0.545. The molecule has 1 aliphatic heterocycles. The zero-order valence-corrected chi connectivity index (χ0v) is 10.4. The predicted octanol–water partition coefficient (Wildman–Crippen LogP) is 2.50. The van der Waals surface area contributed by atoms with Crippen molar-refractivity contribution in [1.82, 2.24) is 5.32 Å². The second kappa shape index (κ2) is 8.61. The van der Waals surface area contributed by atoms with Crippen molar-refractivity contribution in [3.05, 3.63) is 0 Å². The molecule has 0 radical (unpaired) electrons. The highest BCUT2D eigenvalue weighted by Crippen LogP contribution is 2.18. The van der Waals surface area contributed by atoms with Crippen LogP contribution in [-0.4, -0.2) is 33.5 Å². The molecule has 1 fully saturated rings. The number of nitrogens with one attached hydrogen (secondary N) is 1. The Hall–Kier alpha value is 1.02. The first-order chi connectivity index (χ1) is 5.43. The Labute approximate surface area is 92.2 Å². The number of hydrogen-bond donors (Lipinski definition) is 1. The molecule has 12 heavy (non-hydrogen) atoms. The maximum absolute atomic E-state index is 3.43. The van der Waals surface area contributed by atoms with Crippen LogP contribution in [-0.2, 0) is 0 Å². The van der Waals surface area contributed by atoms with Gasteiger partial charge in [-0.2, -0.15) is 0 Å². The minimum absolute atomic E-state index is 0. The molecule has 0 aliphatic carbocycles. The largest absolute Gasteiger partial charge is 0.368 e. The molecule has 70 valence electrons. The van der Waals surface area contributed by atoms with Gasteiger partial charge in [-0.25, -0.2) is 0 Å². The Bertz CT molecular complexity index is 94.5. The molecule has 0 saturated carbocycles. The SMILES string of the molecule is CCC[CH2][Mg][CH]1CCNCC1.Cl. The molecule has 3 heteroatoms. The highest BCUT2D eigenvalue weighted by atomic mass is 35.5. The summed E-state index contributed by atoms with van der Waals surface area (Å²) in [7, 11) is 0. The van der Waals surface area contributed by atoms with E-state index in [0.717, 1.165) is 0 Å². The Morgan fingerprint density at radius 2 is 2.00 bits per heavy atom. The minimum Gasteiger partial charge on any atom is -0.317 e. The molecule has 0 aromatic heterocycles. The van der Waals surface area contributed by atoms with Crippen LogP contribution in [0.3, 0.4) is 0 Å². The zero-order valence-electron chi connectivity index (χ0n) is 8.14. The predicted molar refractivity (Wildman–Crippen MR) is 58.6 cm³/mol. The summed E-state index contributed by atoms with van der Waals surface area (Å²) in [4.78, 5) is 0. The van der Waals surface area contributed by atoms with Crippen LogP contribution in [0.5, 0.6) is 0 Å². The maximum Gasteiger partial charge on any atom is 0.368 e. The molecule has 0 spiro atoms. The van der Waals surface area contributed by atoms with Gasteiger partial charge >= 0.3 is 20.4 Å². The molecular formula is C9H20ClMgN. The van der Waals surface area contributed by atoms with Gasteiger partial charge in [0.1, 0.15) is 0 Å². The van der Waals surface area contributed by atoms with E-state index in [1.165, 1.54) is 42.8 Å². The van der Waals surface area contributed by atoms with Crippen LogP contribution >= 0.6 is 12.4 Å². The third-order valence-electron chi connectivity index (χ3n) is 2.67. The third kappa shape index (κ3) is 5.63. The lowest BCUT2D eigenvalue weighted by Gasteiger charge is -2.21. The molecule has 1 aliphatic rings. The van der Waals surface area contributed by atoms with E-state index >= 15 is 0 Å². The Balaban J connectivity index is 0.00000121. The fourth-order valence-electron chi connectivity index (χ4n) is 1.85. The van der Waals surface area contributed by atoms with E-state index in [9.17, 15) is 0 Å². The van der Waals surface area contributed by atoms with E-state index in [0.29, 0.717) is 20.4 Å². The lowest BCUT2D eigenvalue weighted by molar-refractivity contribution is 0.515. The van der Waals surface area contributed by atoms with Gasteiger partial charge in [0.15, 0.2) is 0 Å².